The number of benzene rings is 1. The zero-order valence-electron chi connectivity index (χ0n) is 9.25. The second kappa shape index (κ2) is 4.50. The van der Waals surface area contributed by atoms with Crippen molar-refractivity contribution in [2.45, 2.75) is 20.3 Å². The summed E-state index contributed by atoms with van der Waals surface area (Å²) in [6.07, 6.45) is 0.317. The number of hydrogen-bond donors (Lipinski definition) is 2. The zero-order valence-corrected chi connectivity index (χ0v) is 10.1. The Labute approximate surface area is 94.5 Å². The summed E-state index contributed by atoms with van der Waals surface area (Å²) in [6, 6.07) is 9.16. The molecule has 2 N–H and O–H groups in total. The van der Waals surface area contributed by atoms with Crippen molar-refractivity contribution in [3.63, 3.8) is 0 Å². The smallest absolute Gasteiger partial charge is 0.319 e. The van der Waals surface area contributed by atoms with E-state index in [-0.39, 0.29) is 0 Å². The molecule has 4 nitrogen and oxygen atoms in total. The van der Waals surface area contributed by atoms with Crippen LogP contribution in [0, 0.1) is 5.41 Å². The second-order valence-corrected chi connectivity index (χ2v) is 5.89. The highest BCUT2D eigenvalue weighted by molar-refractivity contribution is 7.70. The van der Waals surface area contributed by atoms with Gasteiger partial charge in [-0.25, -0.2) is 0 Å². The Bertz CT molecular complexity index is 419. The van der Waals surface area contributed by atoms with Crippen molar-refractivity contribution in [1.82, 2.24) is 0 Å². The molecule has 1 aromatic rings. The molecule has 0 bridgehead atoms. The predicted molar refractivity (Wildman–Crippen MR) is 61.0 cm³/mol. The lowest BCUT2D eigenvalue weighted by molar-refractivity contribution is -0.120. The standard InChI is InChI=1S/C11H15O4P/c1-11(2,10(12)16(13,14)15)8-9-6-4-3-5-7-9/h3-7H,8H2,1-2H3,(H2,13,14,15). The first-order chi connectivity index (χ1) is 7.23. The molecule has 0 aromatic heterocycles. The fourth-order valence-corrected chi connectivity index (χ4v) is 2.44. The van der Waals surface area contributed by atoms with Crippen molar-refractivity contribution in [3.8, 4) is 0 Å². The third-order valence-corrected chi connectivity index (χ3v) is 3.47. The highest BCUT2D eigenvalue weighted by Gasteiger charge is 2.39. The van der Waals surface area contributed by atoms with E-state index in [1.54, 1.807) is 13.8 Å². The lowest BCUT2D eigenvalue weighted by Gasteiger charge is -2.23. The van der Waals surface area contributed by atoms with Gasteiger partial charge in [0, 0.05) is 5.41 Å². The normalized spacial score (nSPS) is 12.5. The van der Waals surface area contributed by atoms with Crippen LogP contribution in [0.15, 0.2) is 30.3 Å². The summed E-state index contributed by atoms with van der Waals surface area (Å²) in [5, 5.41) is 0. The van der Waals surface area contributed by atoms with Gasteiger partial charge in [0.2, 0.25) is 5.52 Å². The summed E-state index contributed by atoms with van der Waals surface area (Å²) in [5.74, 6) is 0. The van der Waals surface area contributed by atoms with Gasteiger partial charge >= 0.3 is 7.60 Å². The van der Waals surface area contributed by atoms with Gasteiger partial charge in [0.25, 0.3) is 0 Å². The van der Waals surface area contributed by atoms with Crippen LogP contribution >= 0.6 is 7.60 Å². The van der Waals surface area contributed by atoms with Crippen LogP contribution in [0.5, 0.6) is 0 Å². The fraction of sp³-hybridized carbons (Fsp3) is 0.364. The van der Waals surface area contributed by atoms with E-state index in [0.29, 0.717) is 6.42 Å². The quantitative estimate of drug-likeness (QED) is 0.791. The number of rotatable bonds is 4. The van der Waals surface area contributed by atoms with E-state index in [4.69, 9.17) is 9.79 Å². The summed E-state index contributed by atoms with van der Waals surface area (Å²) in [4.78, 5) is 29.3. The maximum Gasteiger partial charge on any atom is 0.392 e. The molecule has 0 aliphatic carbocycles. The van der Waals surface area contributed by atoms with Gasteiger partial charge in [-0.1, -0.05) is 44.2 Å². The molecule has 0 spiro atoms. The topological polar surface area (TPSA) is 74.6 Å². The van der Waals surface area contributed by atoms with E-state index in [0.717, 1.165) is 5.56 Å². The molecule has 1 rings (SSSR count). The molecule has 88 valence electrons. The lowest BCUT2D eigenvalue weighted by Crippen LogP contribution is -2.26. The molecule has 0 amide bonds. The Kier molecular flexibility index (Phi) is 3.68. The van der Waals surface area contributed by atoms with Crippen molar-refractivity contribution in [3.05, 3.63) is 35.9 Å². The largest absolute Gasteiger partial charge is 0.392 e. The first-order valence-corrected chi connectivity index (χ1v) is 6.49. The average molecular weight is 242 g/mol. The van der Waals surface area contributed by atoms with E-state index >= 15 is 0 Å². The minimum absolute atomic E-state index is 0.317. The monoisotopic (exact) mass is 242 g/mol. The number of carbonyl (C=O) groups excluding carboxylic acids is 1. The molecule has 16 heavy (non-hydrogen) atoms. The SMILES string of the molecule is CC(C)(Cc1ccccc1)C(=O)P(=O)(O)O. The average Bonchev–Trinajstić information content (AvgIpc) is 2.16. The number of carbonyl (C=O) groups is 1. The lowest BCUT2D eigenvalue weighted by atomic mass is 9.87. The van der Waals surface area contributed by atoms with Crippen molar-refractivity contribution in [1.29, 1.82) is 0 Å². The molecule has 0 saturated carbocycles. The Balaban J connectivity index is 2.88. The van der Waals surface area contributed by atoms with Crippen LogP contribution < -0.4 is 0 Å². The minimum atomic E-state index is -4.65. The van der Waals surface area contributed by atoms with Gasteiger partial charge in [-0.05, 0) is 12.0 Å². The van der Waals surface area contributed by atoms with Crippen LogP contribution in [-0.4, -0.2) is 15.3 Å². The van der Waals surface area contributed by atoms with Crippen LogP contribution in [0.1, 0.15) is 19.4 Å². The molecule has 0 saturated heterocycles. The Morgan fingerprint density at radius 1 is 1.25 bits per heavy atom. The maximum absolute atomic E-state index is 11.5. The van der Waals surface area contributed by atoms with Crippen LogP contribution in [0.25, 0.3) is 0 Å². The maximum atomic E-state index is 11.5. The predicted octanol–water partition coefficient (Wildman–Crippen LogP) is 1.96. The highest BCUT2D eigenvalue weighted by Crippen LogP contribution is 2.44. The summed E-state index contributed by atoms with van der Waals surface area (Å²) < 4.78 is 10.9. The van der Waals surface area contributed by atoms with Crippen molar-refractivity contribution < 1.29 is 19.1 Å². The van der Waals surface area contributed by atoms with E-state index in [2.05, 4.69) is 0 Å². The second-order valence-electron chi connectivity index (χ2n) is 4.40. The third kappa shape index (κ3) is 3.27. The highest BCUT2D eigenvalue weighted by atomic mass is 31.2. The van der Waals surface area contributed by atoms with E-state index in [9.17, 15) is 9.36 Å². The first kappa shape index (κ1) is 13.1. The summed E-state index contributed by atoms with van der Waals surface area (Å²) >= 11 is 0. The van der Waals surface area contributed by atoms with Crippen LogP contribution in [-0.2, 0) is 15.8 Å². The molecule has 0 unspecified atom stereocenters. The molecule has 0 fully saturated rings. The molecule has 0 aliphatic heterocycles. The minimum Gasteiger partial charge on any atom is -0.319 e. The molecule has 0 heterocycles. The van der Waals surface area contributed by atoms with Crippen molar-refractivity contribution in [2.24, 2.45) is 5.41 Å². The van der Waals surface area contributed by atoms with Gasteiger partial charge in [0.05, 0.1) is 0 Å². The van der Waals surface area contributed by atoms with E-state index in [1.165, 1.54) is 0 Å². The van der Waals surface area contributed by atoms with E-state index in [1.807, 2.05) is 30.3 Å². The molecule has 0 atom stereocenters. The zero-order chi connectivity index (χ0) is 12.4. The molecule has 1 aromatic carbocycles. The van der Waals surface area contributed by atoms with Gasteiger partial charge in [0.1, 0.15) is 0 Å². The Morgan fingerprint density at radius 2 is 1.75 bits per heavy atom. The van der Waals surface area contributed by atoms with Crippen molar-refractivity contribution >= 4 is 13.1 Å². The third-order valence-electron chi connectivity index (χ3n) is 2.33. The van der Waals surface area contributed by atoms with Gasteiger partial charge < -0.3 is 9.79 Å². The molecule has 0 aliphatic rings. The molecular weight excluding hydrogens is 227 g/mol. The van der Waals surface area contributed by atoms with Gasteiger partial charge in [0.15, 0.2) is 0 Å². The summed E-state index contributed by atoms with van der Waals surface area (Å²) in [7, 11) is -4.65. The molecule has 5 heteroatoms. The Hall–Kier alpha value is -0.960. The Morgan fingerprint density at radius 3 is 2.19 bits per heavy atom. The number of hydrogen-bond acceptors (Lipinski definition) is 2. The van der Waals surface area contributed by atoms with Crippen LogP contribution in [0.4, 0.5) is 0 Å². The van der Waals surface area contributed by atoms with Gasteiger partial charge in [-0.2, -0.15) is 0 Å². The fourth-order valence-electron chi connectivity index (χ4n) is 1.58. The molecular formula is C11H15O4P. The van der Waals surface area contributed by atoms with Crippen LogP contribution in [0.3, 0.4) is 0 Å². The molecule has 0 radical (unpaired) electrons. The van der Waals surface area contributed by atoms with Gasteiger partial charge in [-0.15, -0.1) is 0 Å². The summed E-state index contributed by atoms with van der Waals surface area (Å²) in [5.41, 5.74) is -1.18. The van der Waals surface area contributed by atoms with Crippen molar-refractivity contribution in [2.75, 3.05) is 0 Å². The summed E-state index contributed by atoms with van der Waals surface area (Å²) in [6.45, 7) is 3.09. The van der Waals surface area contributed by atoms with Crippen LogP contribution in [0.2, 0.25) is 0 Å². The van der Waals surface area contributed by atoms with E-state index < -0.39 is 18.5 Å². The van der Waals surface area contributed by atoms with Gasteiger partial charge in [-0.3, -0.25) is 9.36 Å². The first-order valence-electron chi connectivity index (χ1n) is 4.88.